The lowest BCUT2D eigenvalue weighted by Crippen LogP contribution is -1.95. The molecule has 1 aromatic carbocycles. The van der Waals surface area contributed by atoms with E-state index in [1.165, 1.54) is 6.07 Å². The summed E-state index contributed by atoms with van der Waals surface area (Å²) in [4.78, 5) is 7.21. The Kier molecular flexibility index (Phi) is 3.13. The van der Waals surface area contributed by atoms with Crippen LogP contribution in [0, 0.1) is 11.6 Å². The van der Waals surface area contributed by atoms with E-state index in [0.717, 1.165) is 12.1 Å². The van der Waals surface area contributed by atoms with Crippen LogP contribution in [-0.2, 0) is 0 Å². The monoisotopic (exact) mass is 276 g/mol. The molecule has 1 heterocycles. The number of phenols is 1. The molecule has 0 aliphatic heterocycles. The molecule has 0 saturated heterocycles. The van der Waals surface area contributed by atoms with Gasteiger partial charge in [0.05, 0.1) is 0 Å². The summed E-state index contributed by atoms with van der Waals surface area (Å²) < 4.78 is 26.1. The van der Waals surface area contributed by atoms with Crippen LogP contribution in [0.3, 0.4) is 0 Å². The lowest BCUT2D eigenvalue weighted by Gasteiger charge is -2.03. The molecule has 17 heavy (non-hydrogen) atoms. The summed E-state index contributed by atoms with van der Waals surface area (Å²) in [6.45, 7) is 0. The lowest BCUT2D eigenvalue weighted by molar-refractivity contribution is 0.469. The molecule has 0 unspecified atom stereocenters. The lowest BCUT2D eigenvalue weighted by atomic mass is 10.2. The smallest absolute Gasteiger partial charge is 0.197 e. The first-order valence-electron chi connectivity index (χ1n) is 4.36. The van der Waals surface area contributed by atoms with Crippen LogP contribution in [0.5, 0.6) is 5.75 Å². The summed E-state index contributed by atoms with van der Waals surface area (Å²) in [6, 6.07) is 3.19. The number of phenolic OH excluding ortho intramolecular Hbond substituents is 1. The SMILES string of the molecule is Oc1cc(F)cc(-c2nc(Cl)c(F)c(Cl)n2)c1. The molecule has 0 aliphatic rings. The molecule has 88 valence electrons. The van der Waals surface area contributed by atoms with Gasteiger partial charge in [-0.05, 0) is 12.1 Å². The molecule has 1 N–H and O–H groups in total. The number of hydrogen-bond donors (Lipinski definition) is 1. The fourth-order valence-electron chi connectivity index (χ4n) is 1.23. The average molecular weight is 277 g/mol. The van der Waals surface area contributed by atoms with Crippen LogP contribution < -0.4 is 0 Å². The molecule has 0 atom stereocenters. The Morgan fingerprint density at radius 2 is 1.59 bits per heavy atom. The van der Waals surface area contributed by atoms with Gasteiger partial charge in [0.1, 0.15) is 11.6 Å². The summed E-state index contributed by atoms with van der Waals surface area (Å²) in [6.07, 6.45) is 0. The molecule has 3 nitrogen and oxygen atoms in total. The first kappa shape index (κ1) is 12.0. The van der Waals surface area contributed by atoms with Crippen molar-refractivity contribution in [1.82, 2.24) is 9.97 Å². The third kappa shape index (κ3) is 2.45. The molecule has 0 aliphatic carbocycles. The molecule has 1 aromatic heterocycles. The largest absolute Gasteiger partial charge is 0.508 e. The molecule has 2 rings (SSSR count). The molecule has 0 saturated carbocycles. The Morgan fingerprint density at radius 3 is 2.12 bits per heavy atom. The zero-order valence-corrected chi connectivity index (χ0v) is 9.60. The standard InChI is InChI=1S/C10H4Cl2F2N2O/c11-8-7(14)9(12)16-10(15-8)4-1-5(13)3-6(17)2-4/h1-3,17H. The minimum Gasteiger partial charge on any atom is -0.508 e. The molecule has 0 bridgehead atoms. The van der Waals surface area contributed by atoms with Crippen molar-refractivity contribution in [3.63, 3.8) is 0 Å². The van der Waals surface area contributed by atoms with E-state index in [2.05, 4.69) is 9.97 Å². The maximum atomic E-state index is 13.1. The first-order valence-corrected chi connectivity index (χ1v) is 5.11. The Balaban J connectivity index is 2.60. The first-order chi connectivity index (χ1) is 7.97. The van der Waals surface area contributed by atoms with Gasteiger partial charge in [0.2, 0.25) is 0 Å². The topological polar surface area (TPSA) is 46.0 Å². The molecular weight excluding hydrogens is 273 g/mol. The highest BCUT2D eigenvalue weighted by Gasteiger charge is 2.13. The second-order valence-corrected chi connectivity index (χ2v) is 3.86. The van der Waals surface area contributed by atoms with Crippen LogP contribution in [0.2, 0.25) is 10.3 Å². The van der Waals surface area contributed by atoms with Gasteiger partial charge in [0.25, 0.3) is 0 Å². The summed E-state index contributed by atoms with van der Waals surface area (Å²) in [5.74, 6) is -2.01. The van der Waals surface area contributed by atoms with E-state index in [0.29, 0.717) is 0 Å². The van der Waals surface area contributed by atoms with Crippen LogP contribution in [0.25, 0.3) is 11.4 Å². The van der Waals surface area contributed by atoms with E-state index in [4.69, 9.17) is 23.2 Å². The minimum atomic E-state index is -0.947. The van der Waals surface area contributed by atoms with Crippen molar-refractivity contribution in [3.8, 4) is 17.1 Å². The maximum absolute atomic E-state index is 13.1. The van der Waals surface area contributed by atoms with Crippen molar-refractivity contribution in [3.05, 3.63) is 40.1 Å². The predicted molar refractivity (Wildman–Crippen MR) is 59.1 cm³/mol. The fourth-order valence-corrected chi connectivity index (χ4v) is 1.61. The highest BCUT2D eigenvalue weighted by molar-refractivity contribution is 6.33. The minimum absolute atomic E-state index is 0.0730. The van der Waals surface area contributed by atoms with Crippen molar-refractivity contribution in [2.45, 2.75) is 0 Å². The van der Waals surface area contributed by atoms with Crippen molar-refractivity contribution in [1.29, 1.82) is 0 Å². The van der Waals surface area contributed by atoms with Gasteiger partial charge >= 0.3 is 0 Å². The fraction of sp³-hybridized carbons (Fsp3) is 0. The van der Waals surface area contributed by atoms with E-state index in [1.54, 1.807) is 0 Å². The normalized spacial score (nSPS) is 10.6. The number of aromatic nitrogens is 2. The number of nitrogens with zero attached hydrogens (tertiary/aromatic N) is 2. The van der Waals surface area contributed by atoms with Gasteiger partial charge in [-0.2, -0.15) is 0 Å². The number of aromatic hydroxyl groups is 1. The Morgan fingerprint density at radius 1 is 1.00 bits per heavy atom. The average Bonchev–Trinajstić information content (AvgIpc) is 2.23. The van der Waals surface area contributed by atoms with E-state index < -0.39 is 21.9 Å². The number of rotatable bonds is 1. The van der Waals surface area contributed by atoms with Crippen molar-refractivity contribution < 1.29 is 13.9 Å². The predicted octanol–water partition coefficient (Wildman–Crippen LogP) is 3.43. The van der Waals surface area contributed by atoms with Gasteiger partial charge in [-0.1, -0.05) is 23.2 Å². The highest BCUT2D eigenvalue weighted by Crippen LogP contribution is 2.26. The molecule has 0 radical (unpaired) electrons. The van der Waals surface area contributed by atoms with Crippen LogP contribution >= 0.6 is 23.2 Å². The van der Waals surface area contributed by atoms with Gasteiger partial charge < -0.3 is 5.11 Å². The van der Waals surface area contributed by atoms with E-state index >= 15 is 0 Å². The van der Waals surface area contributed by atoms with Gasteiger partial charge in [-0.25, -0.2) is 18.7 Å². The quantitative estimate of drug-likeness (QED) is 0.812. The third-order valence-corrected chi connectivity index (χ3v) is 2.41. The molecule has 7 heteroatoms. The molecule has 0 fully saturated rings. The van der Waals surface area contributed by atoms with Crippen molar-refractivity contribution >= 4 is 23.2 Å². The molecule has 0 spiro atoms. The third-order valence-electron chi connectivity index (χ3n) is 1.91. The van der Waals surface area contributed by atoms with E-state index in [1.807, 2.05) is 0 Å². The van der Waals surface area contributed by atoms with Crippen LogP contribution in [-0.4, -0.2) is 15.1 Å². The Labute approximate surface area is 105 Å². The van der Waals surface area contributed by atoms with Crippen LogP contribution in [0.4, 0.5) is 8.78 Å². The van der Waals surface area contributed by atoms with Gasteiger partial charge in [-0.15, -0.1) is 0 Å². The Bertz CT molecular complexity index is 549. The highest BCUT2D eigenvalue weighted by atomic mass is 35.5. The van der Waals surface area contributed by atoms with Crippen molar-refractivity contribution in [2.24, 2.45) is 0 Å². The van der Waals surface area contributed by atoms with Gasteiger partial charge in [0.15, 0.2) is 21.9 Å². The summed E-state index contributed by atoms with van der Waals surface area (Å²) in [5, 5.41) is 8.28. The number of hydrogen-bond acceptors (Lipinski definition) is 3. The van der Waals surface area contributed by atoms with Gasteiger partial charge in [0, 0.05) is 11.6 Å². The molecule has 2 aromatic rings. The summed E-state index contributed by atoms with van der Waals surface area (Å²) in [7, 11) is 0. The zero-order chi connectivity index (χ0) is 12.6. The molecule has 0 amide bonds. The summed E-state index contributed by atoms with van der Waals surface area (Å²) >= 11 is 11.0. The number of halogens is 4. The second kappa shape index (κ2) is 4.43. The molecular formula is C10H4Cl2F2N2O. The van der Waals surface area contributed by atoms with Crippen molar-refractivity contribution in [2.75, 3.05) is 0 Å². The number of benzene rings is 1. The van der Waals surface area contributed by atoms with Gasteiger partial charge in [-0.3, -0.25) is 0 Å². The summed E-state index contributed by atoms with van der Waals surface area (Å²) in [5.41, 5.74) is 0.145. The second-order valence-electron chi connectivity index (χ2n) is 3.14. The Hall–Kier alpha value is -1.46. The van der Waals surface area contributed by atoms with E-state index in [-0.39, 0.29) is 17.1 Å². The zero-order valence-electron chi connectivity index (χ0n) is 8.09. The van der Waals surface area contributed by atoms with E-state index in [9.17, 15) is 13.9 Å². The maximum Gasteiger partial charge on any atom is 0.197 e. The van der Waals surface area contributed by atoms with Crippen LogP contribution in [0.15, 0.2) is 18.2 Å². The van der Waals surface area contributed by atoms with Crippen LogP contribution in [0.1, 0.15) is 0 Å².